The summed E-state index contributed by atoms with van der Waals surface area (Å²) in [6, 6.07) is 0. The minimum Gasteiger partial charge on any atom is -0.386 e. The average Bonchev–Trinajstić information content (AvgIpc) is 3.70. The van der Waals surface area contributed by atoms with E-state index in [1.165, 1.54) is 20.8 Å². The van der Waals surface area contributed by atoms with Gasteiger partial charge in [0.05, 0.1) is 19.5 Å². The van der Waals surface area contributed by atoms with Crippen LogP contribution in [0.4, 0.5) is 5.82 Å². The summed E-state index contributed by atoms with van der Waals surface area (Å²) in [5.41, 5.74) is 4.25. The molecule has 1 aliphatic rings. The predicted octanol–water partition coefficient (Wildman–Crippen LogP) is -0.249. The summed E-state index contributed by atoms with van der Waals surface area (Å²) in [5, 5.41) is 29.1. The van der Waals surface area contributed by atoms with Crippen LogP contribution in [-0.4, -0.2) is 135 Å². The number of carbonyl (C=O) groups excluding carboxylic acids is 4. The fourth-order valence-electron chi connectivity index (χ4n) is 5.38. The zero-order chi connectivity index (χ0) is 44.9. The number of imidazole rings is 1. The fraction of sp³-hybridized carbons (Fsp3) is 0.700. The van der Waals surface area contributed by atoms with Gasteiger partial charge < -0.3 is 56.2 Å². The van der Waals surface area contributed by atoms with Gasteiger partial charge in [0, 0.05) is 50.6 Å². The molecule has 3 heterocycles. The molecule has 1 fully saturated rings. The van der Waals surface area contributed by atoms with Gasteiger partial charge in [-0.05, 0) is 12.8 Å². The Morgan fingerprint density at radius 2 is 1.63 bits per heavy atom. The Hall–Kier alpha value is -2.97. The fourth-order valence-corrected chi connectivity index (χ4v) is 8.93. The molecule has 1 saturated heterocycles. The monoisotopic (exact) mass is 936 g/mol. The molecule has 2 aromatic rings. The number of nitrogens with one attached hydrogen (secondary N) is 3. The maximum Gasteiger partial charge on any atom is 0.481 e. The van der Waals surface area contributed by atoms with Crippen LogP contribution in [0.1, 0.15) is 65.5 Å². The van der Waals surface area contributed by atoms with Crippen molar-refractivity contribution in [3.63, 3.8) is 0 Å². The van der Waals surface area contributed by atoms with Gasteiger partial charge in [-0.2, -0.15) is 4.31 Å². The lowest BCUT2D eigenvalue weighted by molar-refractivity contribution is -0.137. The number of hydrogen-bond acceptors (Lipinski definition) is 19. The molecule has 60 heavy (non-hydrogen) atoms. The molecule has 0 saturated carbocycles. The van der Waals surface area contributed by atoms with E-state index >= 15 is 0 Å². The molecule has 0 aromatic carbocycles. The van der Waals surface area contributed by atoms with Gasteiger partial charge in [0.1, 0.15) is 36.3 Å². The van der Waals surface area contributed by atoms with Crippen LogP contribution in [0.5, 0.6) is 0 Å². The molecule has 340 valence electrons. The van der Waals surface area contributed by atoms with Crippen LogP contribution < -0.4 is 21.7 Å². The zero-order valence-electron chi connectivity index (χ0n) is 32.7. The number of anilines is 1. The van der Waals surface area contributed by atoms with Gasteiger partial charge in [-0.25, -0.2) is 28.6 Å². The number of aromatic nitrogens is 4. The van der Waals surface area contributed by atoms with E-state index in [-0.39, 0.29) is 47.5 Å². The number of fused-ring (bicyclic) bond motifs is 1. The van der Waals surface area contributed by atoms with Crippen molar-refractivity contribution in [1.29, 1.82) is 0 Å². The van der Waals surface area contributed by atoms with Gasteiger partial charge in [0.15, 0.2) is 22.8 Å². The second kappa shape index (κ2) is 22.9. The minimum absolute atomic E-state index is 0.0111. The number of rotatable bonds is 26. The van der Waals surface area contributed by atoms with E-state index in [4.69, 9.17) is 19.5 Å². The number of nitrogens with zero attached hydrogens (tertiary/aromatic N) is 4. The first-order valence-electron chi connectivity index (χ1n) is 18.2. The smallest absolute Gasteiger partial charge is 0.386 e. The highest BCUT2D eigenvalue weighted by Crippen LogP contribution is 2.61. The Balaban J connectivity index is 1.40. The number of ether oxygens (including phenoxy) is 1. The van der Waals surface area contributed by atoms with E-state index in [9.17, 15) is 62.7 Å². The summed E-state index contributed by atoms with van der Waals surface area (Å²) >= 11 is 1.09. The van der Waals surface area contributed by atoms with E-state index in [1.54, 1.807) is 0 Å². The van der Waals surface area contributed by atoms with E-state index in [1.807, 2.05) is 0 Å². The second-order valence-corrected chi connectivity index (χ2v) is 19.3. The van der Waals surface area contributed by atoms with Gasteiger partial charge in [0.2, 0.25) is 17.7 Å². The number of nitrogens with two attached hydrogens (primary N) is 1. The average molecular weight is 937 g/mol. The number of hydrogen-bond donors (Lipinski definition) is 10. The van der Waals surface area contributed by atoms with Crippen LogP contribution in [-0.2, 0) is 55.5 Å². The Kier molecular flexibility index (Phi) is 19.6. The maximum atomic E-state index is 12.7. The molecule has 11 N–H and O–H groups in total. The van der Waals surface area contributed by atoms with Crippen molar-refractivity contribution in [1.82, 2.24) is 35.5 Å². The van der Waals surface area contributed by atoms with Crippen molar-refractivity contribution >= 4 is 75.0 Å². The summed E-state index contributed by atoms with van der Waals surface area (Å²) in [6.07, 6.45) is -3.28. The number of phosphoric acid groups is 3. The van der Waals surface area contributed by atoms with Crippen LogP contribution in [0.25, 0.3) is 11.2 Å². The van der Waals surface area contributed by atoms with Crippen LogP contribution >= 0.6 is 35.2 Å². The van der Waals surface area contributed by atoms with Crippen molar-refractivity contribution in [3.8, 4) is 0 Å². The summed E-state index contributed by atoms with van der Waals surface area (Å²) < 4.78 is 62.2. The Morgan fingerprint density at radius 1 is 0.950 bits per heavy atom. The largest absolute Gasteiger partial charge is 0.481 e. The number of thioether (sulfide) groups is 1. The van der Waals surface area contributed by atoms with E-state index in [0.717, 1.165) is 54.7 Å². The molecule has 3 amide bonds. The highest BCUT2D eigenvalue weighted by molar-refractivity contribution is 8.13. The number of nitrogen functional groups attached to an aromatic ring is 1. The number of unbranched alkanes of at least 4 members (excludes halogenated alkanes) is 3. The summed E-state index contributed by atoms with van der Waals surface area (Å²) in [7, 11) is -16.4. The standard InChI is InChI=1S/C30H51N8O18P3S/c1-18(39)32-10-7-5-4-6-8-21(41)60-13-12-33-20(40)9-11-34-28(44)25(43)30(2,3)15-53-59(50,51)56-58(48,49)52-14-19-24(55-57(45,46)47)23(42)29(54-19)38-17-37-22-26(31)35-16-36-27(22)38/h16-17,19,23-25,29,42-43H,4-15H2,1-3H3,(H,32,39)(H,33,40)(H,34,44)(H,48,49)(H,50,51)(H2,31,35,36)(H2,45,46,47)/t19-,23-,24-,25+,29-/m1/s1. The predicted molar refractivity (Wildman–Crippen MR) is 209 cm³/mol. The van der Waals surface area contributed by atoms with Gasteiger partial charge in [-0.15, -0.1) is 0 Å². The van der Waals surface area contributed by atoms with Crippen LogP contribution in [0, 0.1) is 5.41 Å². The maximum absolute atomic E-state index is 12.7. The molecule has 7 atom stereocenters. The van der Waals surface area contributed by atoms with Gasteiger partial charge in [-0.1, -0.05) is 38.5 Å². The molecule has 0 spiro atoms. The van der Waals surface area contributed by atoms with Crippen LogP contribution in [0.2, 0.25) is 0 Å². The van der Waals surface area contributed by atoms with Gasteiger partial charge in [0.25, 0.3) is 0 Å². The molecule has 3 rings (SSSR count). The molecule has 1 aliphatic heterocycles. The van der Waals surface area contributed by atoms with Crippen molar-refractivity contribution in [2.45, 2.75) is 89.9 Å². The molecular weight excluding hydrogens is 885 g/mol. The SMILES string of the molecule is CC(=O)NCCCCCCC(=O)SCCNC(=O)CCNC(=O)[C@H](O)C(C)(C)COP(=O)(O)OP(=O)(O)OC[C@H]1O[C@@H](n2cnc3c(N)ncnc32)[C@H](O)[C@@H]1OP(=O)(O)O. The lowest BCUT2D eigenvalue weighted by Gasteiger charge is -2.30. The number of amides is 3. The number of phosphoric ester groups is 3. The summed E-state index contributed by atoms with van der Waals surface area (Å²) in [4.78, 5) is 98.6. The molecule has 0 aliphatic carbocycles. The van der Waals surface area contributed by atoms with Gasteiger partial charge in [-0.3, -0.25) is 37.3 Å². The van der Waals surface area contributed by atoms with E-state index in [2.05, 4.69) is 39.7 Å². The second-order valence-electron chi connectivity index (χ2n) is 13.9. The molecule has 26 nitrogen and oxygen atoms in total. The van der Waals surface area contributed by atoms with Crippen molar-refractivity contribution in [3.05, 3.63) is 12.7 Å². The number of carbonyl (C=O) groups is 4. The molecule has 0 bridgehead atoms. The van der Waals surface area contributed by atoms with E-state index < -0.39 is 84.6 Å². The third-order valence-electron chi connectivity index (χ3n) is 8.45. The minimum atomic E-state index is -5.58. The number of aliphatic hydroxyl groups excluding tert-OH is 2. The summed E-state index contributed by atoms with van der Waals surface area (Å²) in [5.74, 6) is -1.21. The van der Waals surface area contributed by atoms with Gasteiger partial charge >= 0.3 is 23.5 Å². The molecule has 2 aromatic heterocycles. The summed E-state index contributed by atoms with van der Waals surface area (Å²) in [6.45, 7) is 2.50. The van der Waals surface area contributed by atoms with Crippen molar-refractivity contribution < 1.29 is 85.3 Å². The van der Waals surface area contributed by atoms with Crippen LogP contribution in [0.15, 0.2) is 12.7 Å². The topological polar surface area (TPSA) is 393 Å². The normalized spacial score (nSPS) is 20.9. The number of aliphatic hydroxyl groups is 2. The highest BCUT2D eigenvalue weighted by atomic mass is 32.2. The van der Waals surface area contributed by atoms with Crippen molar-refractivity contribution in [2.24, 2.45) is 5.41 Å². The Morgan fingerprint density at radius 3 is 2.32 bits per heavy atom. The Bertz CT molecular complexity index is 1940. The molecule has 0 radical (unpaired) electrons. The molecule has 30 heteroatoms. The first-order chi connectivity index (χ1) is 27.9. The lowest BCUT2D eigenvalue weighted by Crippen LogP contribution is -2.46. The first kappa shape index (κ1) is 51.4. The third-order valence-corrected chi connectivity index (χ3v) is 12.5. The zero-order valence-corrected chi connectivity index (χ0v) is 36.2. The first-order valence-corrected chi connectivity index (χ1v) is 23.7. The molecular formula is C30H51N8O18P3S. The van der Waals surface area contributed by atoms with Crippen LogP contribution in [0.3, 0.4) is 0 Å². The van der Waals surface area contributed by atoms with Crippen molar-refractivity contribution in [2.75, 3.05) is 44.3 Å². The molecule has 2 unspecified atom stereocenters. The third kappa shape index (κ3) is 17.1. The quantitative estimate of drug-likeness (QED) is 0.0429. The van der Waals surface area contributed by atoms with E-state index in [0.29, 0.717) is 18.7 Å². The Labute approximate surface area is 347 Å². The highest BCUT2D eigenvalue weighted by Gasteiger charge is 2.50. The lowest BCUT2D eigenvalue weighted by atomic mass is 9.87.